The maximum atomic E-state index is 5.78. The summed E-state index contributed by atoms with van der Waals surface area (Å²) in [6.07, 6.45) is 0. The zero-order valence-electron chi connectivity index (χ0n) is 10.5. The Morgan fingerprint density at radius 2 is 1.83 bits per heavy atom. The molecule has 0 aliphatic rings. The maximum Gasteiger partial charge on any atom is 0.119 e. The number of benzene rings is 2. The molecule has 0 aliphatic heterocycles. The summed E-state index contributed by atoms with van der Waals surface area (Å²) in [4.78, 5) is 0. The van der Waals surface area contributed by atoms with Crippen LogP contribution in [0, 0.1) is 0 Å². The molecule has 0 heterocycles. The number of hydrogen-bond acceptors (Lipinski definition) is 1. The fraction of sp³-hybridized carbons (Fsp3) is 0.125. The quantitative estimate of drug-likeness (QED) is 0.739. The molecule has 2 aromatic carbocycles. The molecule has 0 amide bonds. The van der Waals surface area contributed by atoms with Crippen LogP contribution in [0.4, 0.5) is 0 Å². The van der Waals surface area contributed by atoms with Crippen molar-refractivity contribution in [2.75, 3.05) is 6.61 Å². The van der Waals surface area contributed by atoms with E-state index in [1.807, 2.05) is 55.5 Å². The van der Waals surface area contributed by atoms with Gasteiger partial charge in [0.2, 0.25) is 0 Å². The Labute approximate surface area is 110 Å². The van der Waals surface area contributed by atoms with Gasteiger partial charge in [-0.1, -0.05) is 48.4 Å². The van der Waals surface area contributed by atoms with Crippen LogP contribution in [-0.2, 0) is 0 Å². The molecule has 1 nitrogen and oxygen atoms in total. The molecule has 0 fully saturated rings. The van der Waals surface area contributed by atoms with Gasteiger partial charge in [-0.05, 0) is 35.8 Å². The van der Waals surface area contributed by atoms with E-state index in [-0.39, 0.29) is 0 Å². The highest BCUT2D eigenvalue weighted by Crippen LogP contribution is 2.22. The lowest BCUT2D eigenvalue weighted by Gasteiger charge is -2.09. The minimum atomic E-state index is 0.676. The van der Waals surface area contributed by atoms with Gasteiger partial charge in [0.15, 0.2) is 0 Å². The van der Waals surface area contributed by atoms with E-state index in [1.165, 1.54) is 0 Å². The predicted molar refractivity (Wildman–Crippen MR) is 77.6 cm³/mol. The zero-order chi connectivity index (χ0) is 13.0. The van der Waals surface area contributed by atoms with Crippen LogP contribution in [0.3, 0.4) is 0 Å². The summed E-state index contributed by atoms with van der Waals surface area (Å²) in [5.41, 5.74) is 3.83. The van der Waals surface area contributed by atoms with Gasteiger partial charge >= 0.3 is 0 Å². The summed E-state index contributed by atoms with van der Waals surface area (Å²) in [6, 6.07) is 15.7. The highest BCUT2D eigenvalue weighted by atomic mass is 16.5. The summed E-state index contributed by atoms with van der Waals surface area (Å²) in [5, 5.41) is 0. The smallest absolute Gasteiger partial charge is 0.119 e. The summed E-state index contributed by atoms with van der Waals surface area (Å²) in [5.74, 6) is 0.877. The average molecular weight is 234 g/mol. The Hall–Kier alpha value is -1.96. The van der Waals surface area contributed by atoms with E-state index < -0.39 is 0 Å². The van der Waals surface area contributed by atoms with Gasteiger partial charge in [0.25, 0.3) is 0 Å². The molecule has 2 rings (SSSR count). The highest BCUT2D eigenvalue weighted by Gasteiger charge is 2.02. The van der Waals surface area contributed by atoms with Gasteiger partial charge in [-0.2, -0.15) is 0 Å². The molecular weight excluding hydrogens is 219 g/mol. The molecule has 0 bridgehead atoms. The van der Waals surface area contributed by atoms with E-state index >= 15 is 0 Å². The van der Waals surface area contributed by atoms with E-state index in [4.69, 9.17) is 12.6 Å². The third-order valence-corrected chi connectivity index (χ3v) is 2.75. The molecule has 2 aromatic rings. The zero-order valence-corrected chi connectivity index (χ0v) is 10.5. The topological polar surface area (TPSA) is 9.23 Å². The third-order valence-electron chi connectivity index (χ3n) is 2.75. The fourth-order valence-corrected chi connectivity index (χ4v) is 1.81. The van der Waals surface area contributed by atoms with Crippen LogP contribution in [0.5, 0.6) is 5.75 Å². The lowest BCUT2D eigenvalue weighted by atomic mass is 9.91. The first-order valence-electron chi connectivity index (χ1n) is 5.98. The van der Waals surface area contributed by atoms with Crippen molar-refractivity contribution in [1.29, 1.82) is 0 Å². The van der Waals surface area contributed by atoms with Crippen LogP contribution in [0.2, 0.25) is 0 Å². The maximum absolute atomic E-state index is 5.78. The van der Waals surface area contributed by atoms with E-state index in [0.29, 0.717) is 6.61 Å². The second-order valence-electron chi connectivity index (χ2n) is 4.06. The van der Waals surface area contributed by atoms with Crippen molar-refractivity contribution in [2.24, 2.45) is 0 Å². The highest BCUT2D eigenvalue weighted by molar-refractivity contribution is 6.32. The first kappa shape index (κ1) is 12.5. The fourth-order valence-electron chi connectivity index (χ4n) is 1.81. The monoisotopic (exact) mass is 234 g/mol. The van der Waals surface area contributed by atoms with E-state index in [9.17, 15) is 0 Å². The van der Waals surface area contributed by atoms with Gasteiger partial charge in [-0.3, -0.25) is 0 Å². The van der Waals surface area contributed by atoms with Crippen molar-refractivity contribution >= 4 is 18.9 Å². The van der Waals surface area contributed by atoms with E-state index in [0.717, 1.165) is 27.9 Å². The Kier molecular flexibility index (Phi) is 3.88. The van der Waals surface area contributed by atoms with Gasteiger partial charge in [-0.25, -0.2) is 0 Å². The Morgan fingerprint density at radius 3 is 2.44 bits per heavy atom. The van der Waals surface area contributed by atoms with Crippen molar-refractivity contribution in [3.05, 3.63) is 66.2 Å². The van der Waals surface area contributed by atoms with E-state index in [2.05, 4.69) is 6.58 Å². The summed E-state index contributed by atoms with van der Waals surface area (Å²) in [6.45, 7) is 6.76. The third kappa shape index (κ3) is 2.83. The van der Waals surface area contributed by atoms with Crippen molar-refractivity contribution in [2.45, 2.75) is 6.92 Å². The molecule has 0 aliphatic carbocycles. The van der Waals surface area contributed by atoms with Gasteiger partial charge < -0.3 is 4.74 Å². The molecule has 0 N–H and O–H groups in total. The second-order valence-corrected chi connectivity index (χ2v) is 4.06. The first-order valence-corrected chi connectivity index (χ1v) is 5.98. The minimum Gasteiger partial charge on any atom is -0.494 e. The molecule has 18 heavy (non-hydrogen) atoms. The molecule has 0 spiro atoms. The summed E-state index contributed by atoms with van der Waals surface area (Å²) < 4.78 is 5.42. The van der Waals surface area contributed by atoms with Crippen LogP contribution in [0.1, 0.15) is 18.1 Å². The van der Waals surface area contributed by atoms with Gasteiger partial charge in [-0.15, -0.1) is 0 Å². The standard InChI is InChI=1S/C16H15BO/c1-3-18-16-9-7-13(8-10-16)12(2)14-5-4-6-15(17)11-14/h4-11H,2-3H2,1H3. The van der Waals surface area contributed by atoms with Crippen LogP contribution in [-0.4, -0.2) is 14.5 Å². The SMILES string of the molecule is [B]c1cccc(C(=C)c2ccc(OCC)cc2)c1. The lowest BCUT2D eigenvalue weighted by molar-refractivity contribution is 0.340. The molecule has 0 unspecified atom stereocenters. The molecule has 0 saturated heterocycles. The molecule has 0 aromatic heterocycles. The van der Waals surface area contributed by atoms with E-state index in [1.54, 1.807) is 0 Å². The van der Waals surface area contributed by atoms with Gasteiger partial charge in [0, 0.05) is 0 Å². The molecule has 2 heteroatoms. The average Bonchev–Trinajstić information content (AvgIpc) is 2.39. The van der Waals surface area contributed by atoms with Crippen LogP contribution < -0.4 is 10.2 Å². The Balaban J connectivity index is 2.23. The largest absolute Gasteiger partial charge is 0.494 e. The molecule has 0 saturated carbocycles. The lowest BCUT2D eigenvalue weighted by Crippen LogP contribution is -2.02. The Bertz CT molecular complexity index is 543. The molecule has 0 atom stereocenters. The van der Waals surface area contributed by atoms with Crippen LogP contribution in [0.15, 0.2) is 55.1 Å². The number of hydrogen-bond donors (Lipinski definition) is 0. The van der Waals surface area contributed by atoms with Crippen LogP contribution in [0.25, 0.3) is 5.57 Å². The molecule has 2 radical (unpaired) electrons. The van der Waals surface area contributed by atoms with Gasteiger partial charge in [0.1, 0.15) is 13.6 Å². The van der Waals surface area contributed by atoms with Crippen molar-refractivity contribution in [3.63, 3.8) is 0 Å². The normalized spacial score (nSPS) is 10.1. The van der Waals surface area contributed by atoms with Crippen molar-refractivity contribution in [3.8, 4) is 5.75 Å². The van der Waals surface area contributed by atoms with Crippen molar-refractivity contribution < 1.29 is 4.74 Å². The first-order chi connectivity index (χ1) is 8.70. The summed E-state index contributed by atoms with van der Waals surface area (Å²) in [7, 11) is 5.78. The van der Waals surface area contributed by atoms with Crippen molar-refractivity contribution in [1.82, 2.24) is 0 Å². The summed E-state index contributed by atoms with van der Waals surface area (Å²) >= 11 is 0. The Morgan fingerprint density at radius 1 is 1.11 bits per heavy atom. The minimum absolute atomic E-state index is 0.676. The predicted octanol–water partition coefficient (Wildman–Crippen LogP) is 2.94. The van der Waals surface area contributed by atoms with Crippen LogP contribution >= 0.6 is 0 Å². The number of ether oxygens (including phenoxy) is 1. The second kappa shape index (κ2) is 5.59. The van der Waals surface area contributed by atoms with Gasteiger partial charge in [0.05, 0.1) is 6.61 Å². The molecular formula is C16H15BO. The number of rotatable bonds is 4. The molecule has 88 valence electrons.